The summed E-state index contributed by atoms with van der Waals surface area (Å²) in [6.45, 7) is 6.00. The molecule has 6 nitrogen and oxygen atoms in total. The molecule has 8 heteroatoms. The Kier molecular flexibility index (Phi) is 7.42. The third-order valence-electron chi connectivity index (χ3n) is 6.87. The van der Waals surface area contributed by atoms with Gasteiger partial charge in [-0.15, -0.1) is 11.3 Å². The maximum absolute atomic E-state index is 13.2. The minimum absolute atomic E-state index is 0.0529. The Bertz CT molecular complexity index is 898. The van der Waals surface area contributed by atoms with Crippen molar-refractivity contribution in [2.24, 2.45) is 11.8 Å². The van der Waals surface area contributed by atoms with E-state index >= 15 is 0 Å². The summed E-state index contributed by atoms with van der Waals surface area (Å²) in [6, 6.07) is 10.4. The number of carboxylic acid groups (broad SMARTS) is 1. The molecule has 172 valence electrons. The summed E-state index contributed by atoms with van der Waals surface area (Å²) in [5.74, 6) is -0.931. The number of anilines is 1. The highest BCUT2D eigenvalue weighted by molar-refractivity contribution is 7.12. The zero-order valence-electron chi connectivity index (χ0n) is 18.2. The van der Waals surface area contributed by atoms with Crippen molar-refractivity contribution in [3.8, 4) is 0 Å². The third-order valence-corrected chi connectivity index (χ3v) is 7.73. The van der Waals surface area contributed by atoms with E-state index < -0.39 is 5.97 Å². The van der Waals surface area contributed by atoms with Crippen molar-refractivity contribution in [2.75, 3.05) is 50.7 Å². The van der Waals surface area contributed by atoms with Gasteiger partial charge in [-0.05, 0) is 60.4 Å². The lowest BCUT2D eigenvalue weighted by Crippen LogP contribution is -3.15. The molecule has 2 fully saturated rings. The van der Waals surface area contributed by atoms with Gasteiger partial charge in [-0.1, -0.05) is 6.07 Å². The van der Waals surface area contributed by atoms with Gasteiger partial charge in [-0.3, -0.25) is 4.79 Å². The number of aliphatic carboxylic acids is 1. The summed E-state index contributed by atoms with van der Waals surface area (Å²) in [5.41, 5.74) is 1.05. The van der Waals surface area contributed by atoms with Crippen LogP contribution in [0.4, 0.5) is 10.1 Å². The van der Waals surface area contributed by atoms with Crippen LogP contribution < -0.4 is 14.9 Å². The molecule has 2 atom stereocenters. The average Bonchev–Trinajstić information content (AvgIpc) is 3.33. The van der Waals surface area contributed by atoms with E-state index in [0.29, 0.717) is 19.5 Å². The van der Waals surface area contributed by atoms with Crippen molar-refractivity contribution < 1.29 is 24.0 Å². The number of carboxylic acids is 1. The summed E-state index contributed by atoms with van der Waals surface area (Å²) >= 11 is 1.45. The fourth-order valence-corrected chi connectivity index (χ4v) is 5.69. The lowest BCUT2D eigenvalue weighted by Gasteiger charge is -2.40. The molecular formula is C24H30FN3O3S. The Morgan fingerprint density at radius 1 is 1.09 bits per heavy atom. The van der Waals surface area contributed by atoms with E-state index in [-0.39, 0.29) is 30.0 Å². The molecule has 4 rings (SSSR count). The first-order chi connectivity index (χ1) is 15.5. The second kappa shape index (κ2) is 10.4. The number of likely N-dealkylation sites (tertiary alicyclic amines) is 1. The zero-order valence-corrected chi connectivity index (χ0v) is 19.0. The van der Waals surface area contributed by atoms with Crippen LogP contribution >= 0.6 is 11.3 Å². The van der Waals surface area contributed by atoms with E-state index in [1.54, 1.807) is 0 Å². The highest BCUT2D eigenvalue weighted by atomic mass is 32.1. The Morgan fingerprint density at radius 2 is 1.84 bits per heavy atom. The van der Waals surface area contributed by atoms with Crippen LogP contribution in [0.1, 0.15) is 28.9 Å². The number of hydrogen-bond acceptors (Lipinski definition) is 5. The standard InChI is InChI=1S/C24H30FN3O3S/c25-20-3-5-21(6-4-20)27-13-11-26(12-14-27)9-7-19-17-28(10-8-18(19)16-23(29)30)24(31)22-2-1-15-32-22/h1-6,15,18-19H,7-14,16-17H2,(H,29,30)/t18-,19-/m0/s1. The van der Waals surface area contributed by atoms with Gasteiger partial charge in [-0.2, -0.15) is 0 Å². The molecule has 1 aromatic carbocycles. The highest BCUT2D eigenvalue weighted by Crippen LogP contribution is 2.30. The molecule has 0 saturated carbocycles. The van der Waals surface area contributed by atoms with Crippen LogP contribution in [0.15, 0.2) is 41.8 Å². The van der Waals surface area contributed by atoms with Gasteiger partial charge in [0.1, 0.15) is 5.82 Å². The molecule has 2 aliphatic heterocycles. The van der Waals surface area contributed by atoms with Crippen molar-refractivity contribution in [1.82, 2.24) is 4.90 Å². The number of carbonyl (C=O) groups excluding carboxylic acids is 2. The van der Waals surface area contributed by atoms with Crippen molar-refractivity contribution >= 4 is 28.9 Å². The maximum atomic E-state index is 13.2. The lowest BCUT2D eigenvalue weighted by atomic mass is 9.81. The quantitative estimate of drug-likeness (QED) is 0.668. The Hall–Kier alpha value is -2.45. The van der Waals surface area contributed by atoms with Crippen LogP contribution in [0, 0.1) is 17.7 Å². The number of amides is 1. The van der Waals surface area contributed by atoms with Gasteiger partial charge >= 0.3 is 0 Å². The number of rotatable bonds is 7. The average molecular weight is 460 g/mol. The summed E-state index contributed by atoms with van der Waals surface area (Å²) in [6.07, 6.45) is 1.68. The van der Waals surface area contributed by atoms with Crippen molar-refractivity contribution in [1.29, 1.82) is 0 Å². The van der Waals surface area contributed by atoms with Gasteiger partial charge in [0.05, 0.1) is 37.6 Å². The molecule has 0 radical (unpaired) electrons. The Balaban J connectivity index is 1.31. The molecule has 1 amide bonds. The Morgan fingerprint density at radius 3 is 2.50 bits per heavy atom. The second-order valence-electron chi connectivity index (χ2n) is 8.87. The summed E-state index contributed by atoms with van der Waals surface area (Å²) in [7, 11) is 0. The van der Waals surface area contributed by atoms with E-state index in [1.807, 2.05) is 34.5 Å². The molecule has 0 unspecified atom stereocenters. The Labute approximate surface area is 192 Å². The smallest absolute Gasteiger partial charge is 0.263 e. The molecule has 2 saturated heterocycles. The molecule has 2 aromatic rings. The molecule has 32 heavy (non-hydrogen) atoms. The molecule has 3 heterocycles. The van der Waals surface area contributed by atoms with Gasteiger partial charge in [0.25, 0.3) is 5.91 Å². The monoisotopic (exact) mass is 459 g/mol. The number of halogens is 1. The first-order valence-corrected chi connectivity index (χ1v) is 12.2. The topological polar surface area (TPSA) is 68.1 Å². The van der Waals surface area contributed by atoms with Crippen LogP contribution in [0.5, 0.6) is 0 Å². The number of piperazine rings is 1. The SMILES string of the molecule is O=C([O-])C[C@@H]1CCN(C(=O)c2cccs2)C[C@@H]1CC[NH+]1CCN(c2ccc(F)cc2)CC1. The van der Waals surface area contributed by atoms with Crippen LogP contribution in [-0.2, 0) is 4.79 Å². The molecule has 1 aromatic heterocycles. The number of piperidine rings is 1. The molecule has 1 N–H and O–H groups in total. The fourth-order valence-electron chi connectivity index (χ4n) is 5.00. The largest absolute Gasteiger partial charge is 0.550 e. The molecule has 0 aliphatic carbocycles. The number of thiophene rings is 1. The second-order valence-corrected chi connectivity index (χ2v) is 9.81. The molecule has 2 aliphatic rings. The summed E-state index contributed by atoms with van der Waals surface area (Å²) in [4.78, 5) is 30.5. The molecule has 0 bridgehead atoms. The van der Waals surface area contributed by atoms with Crippen molar-refractivity contribution in [3.05, 3.63) is 52.5 Å². The van der Waals surface area contributed by atoms with Crippen LogP contribution in [-0.4, -0.2) is 62.6 Å². The first-order valence-electron chi connectivity index (χ1n) is 11.4. The van der Waals surface area contributed by atoms with Gasteiger partial charge in [0.2, 0.25) is 0 Å². The van der Waals surface area contributed by atoms with E-state index in [9.17, 15) is 19.1 Å². The number of nitrogens with one attached hydrogen (secondary N) is 1. The maximum Gasteiger partial charge on any atom is 0.263 e. The van der Waals surface area contributed by atoms with Crippen LogP contribution in [0.25, 0.3) is 0 Å². The lowest BCUT2D eigenvalue weighted by molar-refractivity contribution is -0.901. The summed E-state index contributed by atoms with van der Waals surface area (Å²) < 4.78 is 13.2. The number of carbonyl (C=O) groups is 2. The van der Waals surface area contributed by atoms with Crippen LogP contribution in [0.2, 0.25) is 0 Å². The number of hydrogen-bond donors (Lipinski definition) is 1. The van der Waals surface area contributed by atoms with Gasteiger partial charge < -0.3 is 24.6 Å². The van der Waals surface area contributed by atoms with Gasteiger partial charge in [-0.25, -0.2) is 4.39 Å². The van der Waals surface area contributed by atoms with E-state index in [0.717, 1.165) is 49.7 Å². The predicted octanol–water partition coefficient (Wildman–Crippen LogP) is 0.901. The number of quaternary nitrogens is 1. The van der Waals surface area contributed by atoms with Crippen molar-refractivity contribution in [2.45, 2.75) is 19.3 Å². The van der Waals surface area contributed by atoms with E-state index in [1.165, 1.54) is 28.4 Å². The first kappa shape index (κ1) is 22.7. The number of nitrogens with zero attached hydrogens (tertiary/aromatic N) is 2. The zero-order chi connectivity index (χ0) is 22.5. The predicted molar refractivity (Wildman–Crippen MR) is 120 cm³/mol. The molecular weight excluding hydrogens is 429 g/mol. The van der Waals surface area contributed by atoms with E-state index in [4.69, 9.17) is 0 Å². The van der Waals surface area contributed by atoms with E-state index in [2.05, 4.69) is 4.90 Å². The molecule has 0 spiro atoms. The van der Waals surface area contributed by atoms with Gasteiger partial charge in [0, 0.05) is 31.2 Å². The summed E-state index contributed by atoms with van der Waals surface area (Å²) in [5, 5.41) is 13.2. The fraction of sp³-hybridized carbons (Fsp3) is 0.500. The van der Waals surface area contributed by atoms with Crippen LogP contribution in [0.3, 0.4) is 0 Å². The highest BCUT2D eigenvalue weighted by Gasteiger charge is 2.33. The number of benzene rings is 1. The normalized spacial score (nSPS) is 22.2. The third kappa shape index (κ3) is 5.66. The minimum atomic E-state index is -1.00. The van der Waals surface area contributed by atoms with Gasteiger partial charge in [0.15, 0.2) is 0 Å². The van der Waals surface area contributed by atoms with Crippen molar-refractivity contribution in [3.63, 3.8) is 0 Å². The minimum Gasteiger partial charge on any atom is -0.550 e.